The summed E-state index contributed by atoms with van der Waals surface area (Å²) >= 11 is 0. The minimum Gasteiger partial charge on any atom is -0.396 e. The van der Waals surface area contributed by atoms with E-state index in [4.69, 9.17) is 4.74 Å². The zero-order chi connectivity index (χ0) is 14.7. The third-order valence-corrected chi connectivity index (χ3v) is 4.99. The molecule has 1 aliphatic heterocycles. The van der Waals surface area contributed by atoms with Gasteiger partial charge in [-0.05, 0) is 19.3 Å². The zero-order valence-electron chi connectivity index (χ0n) is 12.8. The van der Waals surface area contributed by atoms with Crippen LogP contribution in [0.3, 0.4) is 0 Å². The van der Waals surface area contributed by atoms with E-state index < -0.39 is 0 Å². The van der Waals surface area contributed by atoms with Crippen molar-refractivity contribution in [1.29, 1.82) is 0 Å². The number of nitrogens with zero attached hydrogens (tertiary/aromatic N) is 3. The monoisotopic (exact) mass is 291 g/mol. The number of aliphatic hydroxyl groups is 1. The molecule has 1 aliphatic carbocycles. The molecule has 1 aromatic heterocycles. The van der Waals surface area contributed by atoms with Gasteiger partial charge in [-0.1, -0.05) is 12.8 Å². The first-order valence-corrected chi connectivity index (χ1v) is 7.94. The van der Waals surface area contributed by atoms with Crippen LogP contribution in [0.15, 0.2) is 12.4 Å². The standard InChI is InChI=1S/C16H25N3O2/c1-19(10-16(11-20)5-2-3-6-16)15-8-14(17-12-18-15)13-4-7-21-9-13/h8,12-13,20H,2-7,9-11H2,1H3/t13-/m0/s1. The van der Waals surface area contributed by atoms with Crippen LogP contribution in [-0.4, -0.2) is 48.5 Å². The quantitative estimate of drug-likeness (QED) is 0.899. The minimum atomic E-state index is 0.0519. The Morgan fingerprint density at radius 1 is 1.38 bits per heavy atom. The molecule has 1 saturated heterocycles. The van der Waals surface area contributed by atoms with Gasteiger partial charge in [0.1, 0.15) is 12.1 Å². The Labute approximate surface area is 126 Å². The van der Waals surface area contributed by atoms with E-state index in [9.17, 15) is 5.11 Å². The fourth-order valence-electron chi connectivity index (χ4n) is 3.64. The van der Waals surface area contributed by atoms with E-state index in [1.807, 2.05) is 0 Å². The highest BCUT2D eigenvalue weighted by atomic mass is 16.5. The topological polar surface area (TPSA) is 58.5 Å². The van der Waals surface area contributed by atoms with Gasteiger partial charge in [0, 0.05) is 37.6 Å². The van der Waals surface area contributed by atoms with Gasteiger partial charge in [-0.15, -0.1) is 0 Å². The Bertz CT molecular complexity index is 468. The number of hydrogen-bond acceptors (Lipinski definition) is 5. The van der Waals surface area contributed by atoms with Crippen molar-refractivity contribution in [3.8, 4) is 0 Å². The highest BCUT2D eigenvalue weighted by Crippen LogP contribution is 2.38. The molecular weight excluding hydrogens is 266 g/mol. The number of ether oxygens (including phenoxy) is 1. The Balaban J connectivity index is 1.71. The maximum absolute atomic E-state index is 9.76. The predicted octanol–water partition coefficient (Wildman–Crippen LogP) is 1.97. The van der Waals surface area contributed by atoms with Gasteiger partial charge < -0.3 is 14.7 Å². The molecule has 21 heavy (non-hydrogen) atoms. The Hall–Kier alpha value is -1.20. The Morgan fingerprint density at radius 3 is 2.86 bits per heavy atom. The zero-order valence-corrected chi connectivity index (χ0v) is 12.8. The van der Waals surface area contributed by atoms with Crippen LogP contribution in [0.4, 0.5) is 5.82 Å². The molecular formula is C16H25N3O2. The lowest BCUT2D eigenvalue weighted by molar-refractivity contribution is 0.136. The van der Waals surface area contributed by atoms with E-state index in [2.05, 4.69) is 28.0 Å². The molecule has 1 atom stereocenters. The van der Waals surface area contributed by atoms with Gasteiger partial charge in [-0.3, -0.25) is 0 Å². The number of aromatic nitrogens is 2. The molecule has 5 heteroatoms. The highest BCUT2D eigenvalue weighted by molar-refractivity contribution is 5.39. The lowest BCUT2D eigenvalue weighted by Gasteiger charge is -2.32. The van der Waals surface area contributed by atoms with Crippen LogP contribution in [0.5, 0.6) is 0 Å². The molecule has 1 aromatic rings. The van der Waals surface area contributed by atoms with Crippen molar-refractivity contribution < 1.29 is 9.84 Å². The van der Waals surface area contributed by atoms with Gasteiger partial charge in [-0.2, -0.15) is 0 Å². The lowest BCUT2D eigenvalue weighted by atomic mass is 9.86. The Morgan fingerprint density at radius 2 is 2.19 bits per heavy atom. The van der Waals surface area contributed by atoms with Crippen LogP contribution in [0.2, 0.25) is 0 Å². The summed E-state index contributed by atoms with van der Waals surface area (Å²) in [6.45, 7) is 2.72. The molecule has 3 rings (SSSR count). The summed E-state index contributed by atoms with van der Waals surface area (Å²) in [4.78, 5) is 11.0. The van der Waals surface area contributed by atoms with Gasteiger partial charge in [0.25, 0.3) is 0 Å². The van der Waals surface area contributed by atoms with Crippen LogP contribution in [0, 0.1) is 5.41 Å². The second kappa shape index (κ2) is 6.28. The van der Waals surface area contributed by atoms with Crippen molar-refractivity contribution in [1.82, 2.24) is 9.97 Å². The summed E-state index contributed by atoms with van der Waals surface area (Å²) in [5.74, 6) is 1.35. The van der Waals surface area contributed by atoms with Crippen molar-refractivity contribution >= 4 is 5.82 Å². The SMILES string of the molecule is CN(CC1(CO)CCCC1)c1cc([C@H]2CCOC2)ncn1. The highest BCUT2D eigenvalue weighted by Gasteiger charge is 2.34. The second-order valence-corrected chi connectivity index (χ2v) is 6.58. The second-order valence-electron chi connectivity index (χ2n) is 6.58. The maximum Gasteiger partial charge on any atom is 0.131 e. The molecule has 0 amide bonds. The average molecular weight is 291 g/mol. The van der Waals surface area contributed by atoms with Crippen molar-refractivity contribution in [3.63, 3.8) is 0 Å². The van der Waals surface area contributed by atoms with Crippen LogP contribution in [-0.2, 0) is 4.74 Å². The van der Waals surface area contributed by atoms with E-state index in [1.165, 1.54) is 12.8 Å². The summed E-state index contributed by atoms with van der Waals surface area (Å²) < 4.78 is 5.45. The number of hydrogen-bond donors (Lipinski definition) is 1. The van der Waals surface area contributed by atoms with Crippen LogP contribution >= 0.6 is 0 Å². The summed E-state index contributed by atoms with van der Waals surface area (Å²) in [5, 5.41) is 9.76. The van der Waals surface area contributed by atoms with E-state index in [0.717, 1.165) is 50.5 Å². The number of anilines is 1. The molecule has 2 aliphatic rings. The smallest absolute Gasteiger partial charge is 0.131 e. The van der Waals surface area contributed by atoms with E-state index in [1.54, 1.807) is 6.33 Å². The third kappa shape index (κ3) is 3.19. The van der Waals surface area contributed by atoms with Gasteiger partial charge in [-0.25, -0.2) is 9.97 Å². The van der Waals surface area contributed by atoms with Gasteiger partial charge in [0.15, 0.2) is 0 Å². The normalized spacial score (nSPS) is 24.4. The van der Waals surface area contributed by atoms with Crippen molar-refractivity contribution in [2.75, 3.05) is 38.3 Å². The number of aliphatic hydroxyl groups excluding tert-OH is 1. The molecule has 0 aromatic carbocycles. The minimum absolute atomic E-state index is 0.0519. The van der Waals surface area contributed by atoms with Gasteiger partial charge in [0.05, 0.1) is 18.9 Å². The lowest BCUT2D eigenvalue weighted by Crippen LogP contribution is -2.37. The van der Waals surface area contributed by atoms with Crippen LogP contribution in [0.1, 0.15) is 43.7 Å². The van der Waals surface area contributed by atoms with Crippen LogP contribution < -0.4 is 4.90 Å². The van der Waals surface area contributed by atoms with Crippen molar-refractivity contribution in [2.24, 2.45) is 5.41 Å². The molecule has 1 saturated carbocycles. The molecule has 1 N–H and O–H groups in total. The molecule has 2 fully saturated rings. The third-order valence-electron chi connectivity index (χ3n) is 4.99. The van der Waals surface area contributed by atoms with Crippen molar-refractivity contribution in [2.45, 2.75) is 38.0 Å². The summed E-state index contributed by atoms with van der Waals surface area (Å²) in [6.07, 6.45) is 7.37. The fourth-order valence-corrected chi connectivity index (χ4v) is 3.64. The first-order valence-electron chi connectivity index (χ1n) is 7.94. The van der Waals surface area contributed by atoms with Crippen LogP contribution in [0.25, 0.3) is 0 Å². The first-order chi connectivity index (χ1) is 10.2. The van der Waals surface area contributed by atoms with Gasteiger partial charge >= 0.3 is 0 Å². The molecule has 5 nitrogen and oxygen atoms in total. The summed E-state index contributed by atoms with van der Waals surface area (Å²) in [7, 11) is 2.06. The predicted molar refractivity (Wildman–Crippen MR) is 81.5 cm³/mol. The van der Waals surface area contributed by atoms with E-state index >= 15 is 0 Å². The molecule has 0 unspecified atom stereocenters. The molecule has 2 heterocycles. The average Bonchev–Trinajstić information content (AvgIpc) is 3.19. The summed E-state index contributed by atoms with van der Waals surface area (Å²) in [5.41, 5.74) is 1.13. The molecule has 0 spiro atoms. The van der Waals surface area contributed by atoms with E-state index in [0.29, 0.717) is 5.92 Å². The molecule has 0 bridgehead atoms. The maximum atomic E-state index is 9.76. The fraction of sp³-hybridized carbons (Fsp3) is 0.750. The Kier molecular flexibility index (Phi) is 4.40. The first kappa shape index (κ1) is 14.7. The summed E-state index contributed by atoms with van der Waals surface area (Å²) in [6, 6.07) is 2.08. The molecule has 116 valence electrons. The van der Waals surface area contributed by atoms with Crippen molar-refractivity contribution in [3.05, 3.63) is 18.1 Å². The van der Waals surface area contributed by atoms with Gasteiger partial charge in [0.2, 0.25) is 0 Å². The van der Waals surface area contributed by atoms with E-state index in [-0.39, 0.29) is 12.0 Å². The molecule has 0 radical (unpaired) electrons. The largest absolute Gasteiger partial charge is 0.396 e. The number of rotatable bonds is 5.